The lowest BCUT2D eigenvalue weighted by Crippen LogP contribution is -2.28. The number of nitrogens with one attached hydrogen (secondary N) is 1. The molecule has 158 valence electrons. The van der Waals surface area contributed by atoms with Gasteiger partial charge in [-0.1, -0.05) is 30.0 Å². The first-order valence-corrected chi connectivity index (χ1v) is 11.0. The van der Waals surface area contributed by atoms with E-state index in [1.807, 2.05) is 42.0 Å². The van der Waals surface area contributed by atoms with Crippen LogP contribution in [-0.4, -0.2) is 36.0 Å². The van der Waals surface area contributed by atoms with Crippen LogP contribution in [0.25, 0.3) is 11.4 Å². The lowest BCUT2D eigenvalue weighted by Gasteiger charge is -2.15. The summed E-state index contributed by atoms with van der Waals surface area (Å²) in [4.78, 5) is 20.9. The zero-order valence-corrected chi connectivity index (χ0v) is 18.5. The molecular weight excluding hydrogens is 408 g/mol. The minimum absolute atomic E-state index is 0.0344. The highest BCUT2D eigenvalue weighted by Crippen LogP contribution is 2.22. The van der Waals surface area contributed by atoms with Crippen LogP contribution in [0.15, 0.2) is 72.7 Å². The Morgan fingerprint density at radius 2 is 1.84 bits per heavy atom. The van der Waals surface area contributed by atoms with Gasteiger partial charge >= 0.3 is 0 Å². The Hall–Kier alpha value is -3.39. The largest absolute Gasteiger partial charge is 0.349 e. The molecule has 7 nitrogen and oxygen atoms in total. The van der Waals surface area contributed by atoms with Crippen LogP contribution in [0.2, 0.25) is 0 Å². The summed E-state index contributed by atoms with van der Waals surface area (Å²) < 4.78 is 3.71. The van der Waals surface area contributed by atoms with Crippen LogP contribution < -0.4 is 5.32 Å². The molecule has 1 unspecified atom stereocenters. The summed E-state index contributed by atoms with van der Waals surface area (Å²) in [6.45, 7) is 6.13. The Labute approximate surface area is 185 Å². The SMILES string of the molecule is Cc1cc(C)cc(-n2ccnc2SCC(=O)NC(C)c2ccc(-n3cncn3)cc2)c1. The lowest BCUT2D eigenvalue weighted by atomic mass is 10.1. The summed E-state index contributed by atoms with van der Waals surface area (Å²) in [5, 5.41) is 7.98. The van der Waals surface area contributed by atoms with E-state index in [1.54, 1.807) is 17.2 Å². The molecule has 0 saturated carbocycles. The zero-order valence-electron chi connectivity index (χ0n) is 17.7. The molecule has 1 N–H and O–H groups in total. The normalized spacial score (nSPS) is 12.0. The van der Waals surface area contributed by atoms with Crippen LogP contribution in [0.3, 0.4) is 0 Å². The number of aryl methyl sites for hydroxylation is 2. The second kappa shape index (κ2) is 9.18. The van der Waals surface area contributed by atoms with Crippen LogP contribution in [0.5, 0.6) is 0 Å². The molecule has 4 rings (SSSR count). The molecule has 0 bridgehead atoms. The maximum absolute atomic E-state index is 12.5. The molecule has 1 amide bonds. The average molecular weight is 433 g/mol. The quantitative estimate of drug-likeness (QED) is 0.446. The van der Waals surface area contributed by atoms with E-state index in [9.17, 15) is 4.79 Å². The van der Waals surface area contributed by atoms with Crippen molar-refractivity contribution in [2.75, 3.05) is 5.75 Å². The van der Waals surface area contributed by atoms with E-state index in [2.05, 4.69) is 52.4 Å². The van der Waals surface area contributed by atoms with Gasteiger partial charge in [-0.2, -0.15) is 5.10 Å². The highest BCUT2D eigenvalue weighted by Gasteiger charge is 2.13. The van der Waals surface area contributed by atoms with E-state index in [4.69, 9.17) is 0 Å². The van der Waals surface area contributed by atoms with E-state index >= 15 is 0 Å². The summed E-state index contributed by atoms with van der Waals surface area (Å²) in [6.07, 6.45) is 6.84. The summed E-state index contributed by atoms with van der Waals surface area (Å²) >= 11 is 1.43. The third kappa shape index (κ3) is 5.03. The minimum atomic E-state index is -0.0999. The fourth-order valence-corrected chi connectivity index (χ4v) is 4.22. The first-order valence-electron chi connectivity index (χ1n) is 9.99. The van der Waals surface area contributed by atoms with Crippen molar-refractivity contribution in [3.8, 4) is 11.4 Å². The Balaban J connectivity index is 1.36. The van der Waals surface area contributed by atoms with Crippen LogP contribution in [-0.2, 0) is 4.79 Å². The molecule has 2 aromatic carbocycles. The van der Waals surface area contributed by atoms with Gasteiger partial charge in [0.1, 0.15) is 12.7 Å². The molecule has 2 aromatic heterocycles. The first kappa shape index (κ1) is 20.9. The molecule has 0 radical (unpaired) electrons. The van der Waals surface area contributed by atoms with Crippen molar-refractivity contribution in [1.29, 1.82) is 0 Å². The van der Waals surface area contributed by atoms with Gasteiger partial charge < -0.3 is 5.32 Å². The van der Waals surface area contributed by atoms with Crippen LogP contribution in [0.4, 0.5) is 0 Å². The average Bonchev–Trinajstić information content (AvgIpc) is 3.44. The van der Waals surface area contributed by atoms with E-state index in [-0.39, 0.29) is 11.9 Å². The number of aromatic nitrogens is 5. The number of hydrogen-bond acceptors (Lipinski definition) is 5. The summed E-state index contributed by atoms with van der Waals surface area (Å²) in [7, 11) is 0. The summed E-state index contributed by atoms with van der Waals surface area (Å²) in [5.41, 5.74) is 5.40. The number of hydrogen-bond donors (Lipinski definition) is 1. The molecule has 0 aliphatic rings. The van der Waals surface area contributed by atoms with E-state index in [0.29, 0.717) is 5.75 Å². The fourth-order valence-electron chi connectivity index (χ4n) is 3.44. The third-order valence-electron chi connectivity index (χ3n) is 4.88. The fraction of sp³-hybridized carbons (Fsp3) is 0.217. The van der Waals surface area contributed by atoms with Gasteiger partial charge in [-0.25, -0.2) is 14.6 Å². The second-order valence-corrected chi connectivity index (χ2v) is 8.38. The van der Waals surface area contributed by atoms with Gasteiger partial charge in [-0.15, -0.1) is 0 Å². The third-order valence-corrected chi connectivity index (χ3v) is 5.84. The Bertz CT molecular complexity index is 1150. The summed E-state index contributed by atoms with van der Waals surface area (Å²) in [6, 6.07) is 14.2. The van der Waals surface area contributed by atoms with E-state index in [0.717, 1.165) is 22.1 Å². The lowest BCUT2D eigenvalue weighted by molar-refractivity contribution is -0.119. The molecule has 0 aliphatic carbocycles. The molecule has 1 atom stereocenters. The Morgan fingerprint density at radius 1 is 1.10 bits per heavy atom. The highest BCUT2D eigenvalue weighted by molar-refractivity contribution is 7.99. The molecule has 8 heteroatoms. The van der Waals surface area contributed by atoms with Gasteiger partial charge in [-0.05, 0) is 61.7 Å². The number of nitrogens with zero attached hydrogens (tertiary/aromatic N) is 5. The molecule has 0 spiro atoms. The Kier molecular flexibility index (Phi) is 6.18. The molecule has 4 aromatic rings. The molecule has 0 fully saturated rings. The maximum atomic E-state index is 12.5. The van der Waals surface area contributed by atoms with Gasteiger partial charge in [0, 0.05) is 18.1 Å². The smallest absolute Gasteiger partial charge is 0.230 e. The number of amides is 1. The van der Waals surface area contributed by atoms with Crippen LogP contribution in [0, 0.1) is 13.8 Å². The van der Waals surface area contributed by atoms with Crippen LogP contribution in [0.1, 0.15) is 29.7 Å². The van der Waals surface area contributed by atoms with Gasteiger partial charge in [0.2, 0.25) is 5.91 Å². The number of benzene rings is 2. The monoisotopic (exact) mass is 432 g/mol. The van der Waals surface area contributed by atoms with E-state index in [1.165, 1.54) is 29.2 Å². The molecular formula is C23H24N6OS. The van der Waals surface area contributed by atoms with Gasteiger partial charge in [0.05, 0.1) is 17.5 Å². The molecule has 0 saturated heterocycles. The highest BCUT2D eigenvalue weighted by atomic mass is 32.2. The van der Waals surface area contributed by atoms with Crippen LogP contribution >= 0.6 is 11.8 Å². The van der Waals surface area contributed by atoms with Crippen molar-refractivity contribution in [3.05, 3.63) is 84.2 Å². The van der Waals surface area contributed by atoms with Crippen molar-refractivity contribution < 1.29 is 4.79 Å². The number of thioether (sulfide) groups is 1. The standard InChI is InChI=1S/C23H24N6OS/c1-16-10-17(2)12-21(11-16)28-9-8-25-23(28)31-13-22(30)27-18(3)19-4-6-20(7-5-19)29-15-24-14-26-29/h4-12,14-15,18H,13H2,1-3H3,(H,27,30). The predicted molar refractivity (Wildman–Crippen MR) is 122 cm³/mol. The van der Waals surface area contributed by atoms with Crippen molar-refractivity contribution in [2.24, 2.45) is 0 Å². The van der Waals surface area contributed by atoms with Crippen molar-refractivity contribution >= 4 is 17.7 Å². The Morgan fingerprint density at radius 3 is 2.52 bits per heavy atom. The van der Waals surface area contributed by atoms with Crippen molar-refractivity contribution in [1.82, 2.24) is 29.6 Å². The zero-order chi connectivity index (χ0) is 21.8. The van der Waals surface area contributed by atoms with Gasteiger partial charge in [-0.3, -0.25) is 9.36 Å². The predicted octanol–water partition coefficient (Wildman–Crippen LogP) is 4.04. The topological polar surface area (TPSA) is 77.6 Å². The van der Waals surface area contributed by atoms with E-state index < -0.39 is 0 Å². The summed E-state index contributed by atoms with van der Waals surface area (Å²) in [5.74, 6) is 0.260. The first-order chi connectivity index (χ1) is 15.0. The van der Waals surface area contributed by atoms with Crippen molar-refractivity contribution in [2.45, 2.75) is 32.0 Å². The van der Waals surface area contributed by atoms with Crippen molar-refractivity contribution in [3.63, 3.8) is 0 Å². The maximum Gasteiger partial charge on any atom is 0.230 e. The van der Waals surface area contributed by atoms with Gasteiger partial charge in [0.15, 0.2) is 5.16 Å². The minimum Gasteiger partial charge on any atom is -0.349 e. The molecule has 31 heavy (non-hydrogen) atoms. The second-order valence-electron chi connectivity index (χ2n) is 7.44. The molecule has 0 aliphatic heterocycles. The number of carbonyl (C=O) groups is 1. The number of rotatable bonds is 7. The molecule has 2 heterocycles. The number of carbonyl (C=O) groups excluding carboxylic acids is 1. The van der Waals surface area contributed by atoms with Gasteiger partial charge in [0.25, 0.3) is 0 Å². The number of imidazole rings is 1.